The molecule has 1 rings (SSSR count). The SMILES string of the molecule is CN[C@H](C)c1cc(Br)c(Br)s1. The van der Waals surface area contributed by atoms with Crippen molar-refractivity contribution >= 4 is 43.2 Å². The number of hydrogen-bond acceptors (Lipinski definition) is 2. The van der Waals surface area contributed by atoms with Crippen molar-refractivity contribution in [1.29, 1.82) is 0 Å². The zero-order valence-corrected chi connectivity index (χ0v) is 10.3. The average molecular weight is 299 g/mol. The van der Waals surface area contributed by atoms with Crippen LogP contribution in [0.15, 0.2) is 14.3 Å². The normalized spacial score (nSPS) is 13.5. The zero-order valence-electron chi connectivity index (χ0n) is 6.32. The largest absolute Gasteiger partial charge is 0.313 e. The minimum absolute atomic E-state index is 0.433. The Labute approximate surface area is 87.5 Å². The van der Waals surface area contributed by atoms with Crippen molar-refractivity contribution < 1.29 is 0 Å². The second-order valence-corrected chi connectivity index (χ2v) is 5.54. The van der Waals surface area contributed by atoms with Crippen LogP contribution in [0.25, 0.3) is 0 Å². The highest BCUT2D eigenvalue weighted by molar-refractivity contribution is 9.13. The molecule has 1 aromatic heterocycles. The summed E-state index contributed by atoms with van der Waals surface area (Å²) in [6.07, 6.45) is 0. The topological polar surface area (TPSA) is 12.0 Å². The summed E-state index contributed by atoms with van der Waals surface area (Å²) in [7, 11) is 1.96. The molecule has 11 heavy (non-hydrogen) atoms. The molecule has 4 heteroatoms. The van der Waals surface area contributed by atoms with Crippen LogP contribution in [0.1, 0.15) is 17.8 Å². The van der Waals surface area contributed by atoms with Crippen LogP contribution in [0.3, 0.4) is 0 Å². The van der Waals surface area contributed by atoms with Crippen LogP contribution < -0.4 is 5.32 Å². The minimum atomic E-state index is 0.433. The molecule has 0 aliphatic rings. The maximum Gasteiger partial charge on any atom is 0.0843 e. The molecule has 1 heterocycles. The van der Waals surface area contributed by atoms with Crippen molar-refractivity contribution in [3.05, 3.63) is 19.2 Å². The summed E-state index contributed by atoms with van der Waals surface area (Å²) in [6, 6.07) is 2.57. The Morgan fingerprint density at radius 1 is 1.55 bits per heavy atom. The van der Waals surface area contributed by atoms with Gasteiger partial charge < -0.3 is 5.32 Å². The van der Waals surface area contributed by atoms with E-state index in [1.165, 1.54) is 4.88 Å². The van der Waals surface area contributed by atoms with Gasteiger partial charge in [0.1, 0.15) is 0 Å². The molecule has 62 valence electrons. The summed E-state index contributed by atoms with van der Waals surface area (Å²) in [5.74, 6) is 0. The van der Waals surface area contributed by atoms with Gasteiger partial charge in [-0.05, 0) is 51.9 Å². The summed E-state index contributed by atoms with van der Waals surface area (Å²) >= 11 is 8.66. The van der Waals surface area contributed by atoms with Crippen molar-refractivity contribution in [2.45, 2.75) is 13.0 Å². The van der Waals surface area contributed by atoms with Crippen LogP contribution in [0.4, 0.5) is 0 Å². The van der Waals surface area contributed by atoms with E-state index in [9.17, 15) is 0 Å². The first-order valence-corrected chi connectivity index (χ1v) is 5.67. The second kappa shape index (κ2) is 4.03. The van der Waals surface area contributed by atoms with Crippen molar-refractivity contribution in [1.82, 2.24) is 5.32 Å². The van der Waals surface area contributed by atoms with Gasteiger partial charge in [0, 0.05) is 15.4 Å². The third-order valence-electron chi connectivity index (χ3n) is 1.52. The second-order valence-electron chi connectivity index (χ2n) is 2.28. The van der Waals surface area contributed by atoms with Gasteiger partial charge in [-0.3, -0.25) is 0 Å². The predicted molar refractivity (Wildman–Crippen MR) is 57.2 cm³/mol. The summed E-state index contributed by atoms with van der Waals surface area (Å²) in [5.41, 5.74) is 0. The Morgan fingerprint density at radius 3 is 2.55 bits per heavy atom. The Hall–Kier alpha value is 0.620. The van der Waals surface area contributed by atoms with Gasteiger partial charge in [-0.2, -0.15) is 0 Å². The van der Waals surface area contributed by atoms with Crippen LogP contribution >= 0.6 is 43.2 Å². The maximum atomic E-state index is 3.46. The van der Waals surface area contributed by atoms with E-state index in [0.29, 0.717) is 6.04 Å². The lowest BCUT2D eigenvalue weighted by Crippen LogP contribution is -2.10. The minimum Gasteiger partial charge on any atom is -0.313 e. The standard InChI is InChI=1S/C7H9Br2NS/c1-4(10-2)6-3-5(8)7(9)11-6/h3-4,10H,1-2H3/t4-/m1/s1. The molecule has 1 nitrogen and oxygen atoms in total. The maximum absolute atomic E-state index is 3.46. The molecule has 0 radical (unpaired) electrons. The Morgan fingerprint density at radius 2 is 2.18 bits per heavy atom. The van der Waals surface area contributed by atoms with Gasteiger partial charge in [-0.25, -0.2) is 0 Å². The van der Waals surface area contributed by atoms with Crippen LogP contribution in [-0.4, -0.2) is 7.05 Å². The van der Waals surface area contributed by atoms with E-state index in [0.717, 1.165) is 8.26 Å². The highest BCUT2D eigenvalue weighted by Crippen LogP contribution is 2.35. The molecule has 1 N–H and O–H groups in total. The molecule has 1 aromatic rings. The first-order chi connectivity index (χ1) is 5.15. The van der Waals surface area contributed by atoms with Crippen molar-refractivity contribution in [3.63, 3.8) is 0 Å². The van der Waals surface area contributed by atoms with E-state index >= 15 is 0 Å². The number of halogens is 2. The molecule has 0 amide bonds. The van der Waals surface area contributed by atoms with Crippen molar-refractivity contribution in [2.75, 3.05) is 7.05 Å². The van der Waals surface area contributed by atoms with Gasteiger partial charge in [0.15, 0.2) is 0 Å². The number of thiophene rings is 1. The van der Waals surface area contributed by atoms with E-state index in [1.54, 1.807) is 11.3 Å². The predicted octanol–water partition coefficient (Wildman–Crippen LogP) is 3.55. The van der Waals surface area contributed by atoms with Crippen LogP contribution in [-0.2, 0) is 0 Å². The van der Waals surface area contributed by atoms with Gasteiger partial charge in [0.2, 0.25) is 0 Å². The molecule has 0 unspecified atom stereocenters. The first kappa shape index (κ1) is 9.71. The van der Waals surface area contributed by atoms with Gasteiger partial charge >= 0.3 is 0 Å². The average Bonchev–Trinajstić information content (AvgIpc) is 2.31. The Balaban J connectivity index is 2.88. The molecular formula is C7H9Br2NS. The molecular weight excluding hydrogens is 290 g/mol. The van der Waals surface area contributed by atoms with E-state index in [-0.39, 0.29) is 0 Å². The van der Waals surface area contributed by atoms with Gasteiger partial charge in [0.25, 0.3) is 0 Å². The number of nitrogens with one attached hydrogen (secondary N) is 1. The Kier molecular flexibility index (Phi) is 3.55. The van der Waals surface area contributed by atoms with E-state index in [2.05, 4.69) is 50.2 Å². The zero-order chi connectivity index (χ0) is 8.43. The molecule has 0 aliphatic heterocycles. The molecule has 0 saturated heterocycles. The van der Waals surface area contributed by atoms with Crippen LogP contribution in [0.5, 0.6) is 0 Å². The summed E-state index contributed by atoms with van der Waals surface area (Å²) in [4.78, 5) is 1.34. The molecule has 1 atom stereocenters. The fraction of sp³-hybridized carbons (Fsp3) is 0.429. The van der Waals surface area contributed by atoms with E-state index in [4.69, 9.17) is 0 Å². The van der Waals surface area contributed by atoms with Gasteiger partial charge in [-0.15, -0.1) is 11.3 Å². The molecule has 0 aliphatic carbocycles. The van der Waals surface area contributed by atoms with Crippen molar-refractivity contribution in [2.24, 2.45) is 0 Å². The Bertz CT molecular complexity index is 227. The third-order valence-corrected chi connectivity index (χ3v) is 4.96. The molecule has 0 fully saturated rings. The fourth-order valence-corrected chi connectivity index (χ4v) is 2.87. The number of rotatable bonds is 2. The summed E-state index contributed by atoms with van der Waals surface area (Å²) < 4.78 is 2.30. The molecule has 0 spiro atoms. The van der Waals surface area contributed by atoms with Crippen LogP contribution in [0.2, 0.25) is 0 Å². The first-order valence-electron chi connectivity index (χ1n) is 3.27. The third kappa shape index (κ3) is 2.28. The smallest absolute Gasteiger partial charge is 0.0843 e. The van der Waals surface area contributed by atoms with Crippen LogP contribution in [0, 0.1) is 0 Å². The van der Waals surface area contributed by atoms with E-state index < -0.39 is 0 Å². The van der Waals surface area contributed by atoms with Gasteiger partial charge in [0.05, 0.1) is 3.79 Å². The molecule has 0 bridgehead atoms. The van der Waals surface area contributed by atoms with Crippen molar-refractivity contribution in [3.8, 4) is 0 Å². The lowest BCUT2D eigenvalue weighted by Gasteiger charge is -2.05. The highest BCUT2D eigenvalue weighted by Gasteiger charge is 2.08. The number of hydrogen-bond donors (Lipinski definition) is 1. The highest BCUT2D eigenvalue weighted by atomic mass is 79.9. The molecule has 0 aromatic carbocycles. The fourth-order valence-electron chi connectivity index (χ4n) is 0.719. The lowest BCUT2D eigenvalue weighted by molar-refractivity contribution is 0.664. The monoisotopic (exact) mass is 297 g/mol. The quantitative estimate of drug-likeness (QED) is 0.880. The molecule has 0 saturated carbocycles. The van der Waals surface area contributed by atoms with Gasteiger partial charge in [-0.1, -0.05) is 0 Å². The summed E-state index contributed by atoms with van der Waals surface area (Å²) in [5, 5.41) is 3.19. The lowest BCUT2D eigenvalue weighted by atomic mass is 10.3. The van der Waals surface area contributed by atoms with E-state index in [1.807, 2.05) is 7.05 Å². The summed E-state index contributed by atoms with van der Waals surface area (Å²) in [6.45, 7) is 2.14.